The Labute approximate surface area is 190 Å². The Hall–Kier alpha value is -3.71. The summed E-state index contributed by atoms with van der Waals surface area (Å²) in [5.74, 6) is -0.205. The maximum Gasteiger partial charge on any atom is 0.335 e. The summed E-state index contributed by atoms with van der Waals surface area (Å²) in [6.45, 7) is 0.831. The average molecular weight is 448 g/mol. The molecule has 1 heterocycles. The van der Waals surface area contributed by atoms with Gasteiger partial charge in [0.1, 0.15) is 5.75 Å². The first-order valence-electron chi connectivity index (χ1n) is 10.0. The van der Waals surface area contributed by atoms with Gasteiger partial charge in [-0.2, -0.15) is 5.06 Å². The van der Waals surface area contributed by atoms with Crippen LogP contribution in [0.2, 0.25) is 0 Å². The first kappa shape index (κ1) is 21.5. The first-order chi connectivity index (χ1) is 15.6. The van der Waals surface area contributed by atoms with Crippen LogP contribution in [0, 0.1) is 0 Å². The van der Waals surface area contributed by atoms with Crippen LogP contribution in [0.3, 0.4) is 0 Å². The molecule has 7 heteroatoms. The normalized spacial score (nSPS) is 14.4. The van der Waals surface area contributed by atoms with E-state index in [0.717, 1.165) is 35.1 Å². The van der Waals surface area contributed by atoms with Crippen LogP contribution in [0.4, 0.5) is 4.79 Å². The lowest BCUT2D eigenvalue weighted by molar-refractivity contribution is -0.0501. The summed E-state index contributed by atoms with van der Waals surface area (Å²) in [6.07, 6.45) is 2.64. The van der Waals surface area contributed by atoms with Crippen molar-refractivity contribution < 1.29 is 24.3 Å². The number of rotatable bonds is 8. The number of ether oxygens (including phenoxy) is 1. The lowest BCUT2D eigenvalue weighted by Gasteiger charge is -2.13. The molecule has 32 heavy (non-hydrogen) atoms. The van der Waals surface area contributed by atoms with E-state index in [1.54, 1.807) is 18.2 Å². The first-order valence-corrected chi connectivity index (χ1v) is 10.9. The molecule has 0 aromatic heterocycles. The smallest absolute Gasteiger partial charge is 0.335 e. The van der Waals surface area contributed by atoms with E-state index >= 15 is 0 Å². The predicted octanol–water partition coefficient (Wildman–Crippen LogP) is 5.61. The monoisotopic (exact) mass is 447 g/mol. The Bertz CT molecular complexity index is 1110. The number of benzene rings is 3. The number of carbonyl (C=O) groups excluding carboxylic acids is 1. The van der Waals surface area contributed by atoms with Gasteiger partial charge >= 0.3 is 11.2 Å². The number of carboxylic acid groups (broad SMARTS) is 1. The molecule has 0 saturated carbocycles. The van der Waals surface area contributed by atoms with Gasteiger partial charge in [-0.15, -0.1) is 0 Å². The molecule has 0 aliphatic carbocycles. The standard InChI is InChI=1S/C25H21NO5S/c27-24(28)21-10-6-20(7-11-21)17-26-25(29)32-23(31-26)16-19-8-12-22(13-9-19)30-15-14-18-4-2-1-3-5-18/h1-13,16H,14-15,17H2,(H,27,28)/b23-16-. The van der Waals surface area contributed by atoms with E-state index in [2.05, 4.69) is 12.1 Å². The van der Waals surface area contributed by atoms with Crippen LogP contribution in [-0.4, -0.2) is 28.0 Å². The number of aromatic carboxylic acids is 1. The van der Waals surface area contributed by atoms with Crippen LogP contribution in [0.15, 0.2) is 84.0 Å². The van der Waals surface area contributed by atoms with Crippen molar-refractivity contribution >= 4 is 29.0 Å². The Morgan fingerprint density at radius 2 is 1.69 bits per heavy atom. The second-order valence-electron chi connectivity index (χ2n) is 7.11. The fourth-order valence-corrected chi connectivity index (χ4v) is 3.80. The minimum atomic E-state index is -0.988. The van der Waals surface area contributed by atoms with Crippen LogP contribution in [0.5, 0.6) is 5.75 Å². The van der Waals surface area contributed by atoms with E-state index in [-0.39, 0.29) is 17.3 Å². The average Bonchev–Trinajstić information content (AvgIpc) is 3.14. The van der Waals surface area contributed by atoms with Gasteiger partial charge < -0.3 is 14.7 Å². The third kappa shape index (κ3) is 5.70. The minimum absolute atomic E-state index is 0.199. The molecule has 0 bridgehead atoms. The van der Waals surface area contributed by atoms with Crippen molar-refractivity contribution in [2.45, 2.75) is 13.0 Å². The third-order valence-corrected chi connectivity index (χ3v) is 5.56. The molecule has 3 aromatic carbocycles. The Kier molecular flexibility index (Phi) is 6.77. The lowest BCUT2D eigenvalue weighted by Crippen LogP contribution is -2.20. The van der Waals surface area contributed by atoms with Crippen LogP contribution in [0.1, 0.15) is 27.0 Å². The molecule has 1 aliphatic rings. The fourth-order valence-electron chi connectivity index (χ4n) is 3.10. The quantitative estimate of drug-likeness (QED) is 0.484. The zero-order valence-electron chi connectivity index (χ0n) is 17.1. The van der Waals surface area contributed by atoms with Crippen LogP contribution < -0.4 is 4.74 Å². The summed E-state index contributed by atoms with van der Waals surface area (Å²) in [5.41, 5.74) is 3.10. The lowest BCUT2D eigenvalue weighted by atomic mass is 10.1. The predicted molar refractivity (Wildman–Crippen MR) is 123 cm³/mol. The van der Waals surface area contributed by atoms with Crippen molar-refractivity contribution in [2.24, 2.45) is 0 Å². The van der Waals surface area contributed by atoms with E-state index in [1.807, 2.05) is 42.5 Å². The number of amides is 1. The van der Waals surface area contributed by atoms with Gasteiger partial charge in [0.15, 0.2) is 5.09 Å². The summed E-state index contributed by atoms with van der Waals surface area (Å²) in [6, 6.07) is 24.1. The second-order valence-corrected chi connectivity index (χ2v) is 8.07. The molecule has 6 nitrogen and oxygen atoms in total. The van der Waals surface area contributed by atoms with Gasteiger partial charge in [-0.05, 0) is 47.0 Å². The van der Waals surface area contributed by atoms with Gasteiger partial charge in [-0.3, -0.25) is 4.79 Å². The highest BCUT2D eigenvalue weighted by Crippen LogP contribution is 2.33. The van der Waals surface area contributed by atoms with Crippen molar-refractivity contribution in [1.82, 2.24) is 5.06 Å². The van der Waals surface area contributed by atoms with Crippen molar-refractivity contribution in [3.8, 4) is 5.75 Å². The highest BCUT2D eigenvalue weighted by Gasteiger charge is 2.28. The zero-order valence-corrected chi connectivity index (χ0v) is 18.0. The van der Waals surface area contributed by atoms with Gasteiger partial charge in [-0.25, -0.2) is 4.79 Å². The molecule has 1 fully saturated rings. The SMILES string of the molecule is O=C(O)c1ccc(CN2O/C(=C/c3ccc(OCCc4ccccc4)cc3)SC2=O)cc1. The van der Waals surface area contributed by atoms with Crippen LogP contribution in [0.25, 0.3) is 6.08 Å². The summed E-state index contributed by atoms with van der Waals surface area (Å²) in [4.78, 5) is 28.9. The molecule has 0 spiro atoms. The Morgan fingerprint density at radius 3 is 2.38 bits per heavy atom. The highest BCUT2D eigenvalue weighted by atomic mass is 32.2. The summed E-state index contributed by atoms with van der Waals surface area (Å²) >= 11 is 1.01. The number of hydrogen-bond donors (Lipinski definition) is 1. The molecule has 1 amide bonds. The molecule has 4 rings (SSSR count). The fraction of sp³-hybridized carbons (Fsp3) is 0.120. The number of nitrogens with zero attached hydrogens (tertiary/aromatic N) is 1. The van der Waals surface area contributed by atoms with E-state index < -0.39 is 5.97 Å². The van der Waals surface area contributed by atoms with Crippen molar-refractivity contribution in [3.63, 3.8) is 0 Å². The highest BCUT2D eigenvalue weighted by molar-refractivity contribution is 8.17. The Morgan fingerprint density at radius 1 is 0.969 bits per heavy atom. The minimum Gasteiger partial charge on any atom is -0.493 e. The molecular formula is C25H21NO5S. The van der Waals surface area contributed by atoms with E-state index in [4.69, 9.17) is 14.7 Å². The van der Waals surface area contributed by atoms with Gasteiger partial charge in [0.2, 0.25) is 0 Å². The maximum atomic E-state index is 12.3. The van der Waals surface area contributed by atoms with Gasteiger partial charge in [0, 0.05) is 18.2 Å². The van der Waals surface area contributed by atoms with E-state index in [0.29, 0.717) is 11.7 Å². The van der Waals surface area contributed by atoms with Crippen molar-refractivity contribution in [3.05, 3.63) is 106 Å². The summed E-state index contributed by atoms with van der Waals surface area (Å²) < 4.78 is 5.80. The van der Waals surface area contributed by atoms with E-state index in [1.165, 1.54) is 22.8 Å². The molecule has 1 N–H and O–H groups in total. The van der Waals surface area contributed by atoms with Crippen molar-refractivity contribution in [1.29, 1.82) is 0 Å². The van der Waals surface area contributed by atoms with Crippen LogP contribution in [-0.2, 0) is 17.8 Å². The molecule has 0 unspecified atom stereocenters. The zero-order chi connectivity index (χ0) is 22.3. The van der Waals surface area contributed by atoms with Gasteiger partial charge in [0.05, 0.1) is 18.7 Å². The maximum absolute atomic E-state index is 12.3. The molecule has 1 saturated heterocycles. The molecule has 0 atom stereocenters. The number of carboxylic acids is 1. The number of thioether (sulfide) groups is 1. The third-order valence-electron chi connectivity index (χ3n) is 4.79. The van der Waals surface area contributed by atoms with Gasteiger partial charge in [0.25, 0.3) is 0 Å². The molecule has 3 aromatic rings. The Balaban J connectivity index is 1.30. The second kappa shape index (κ2) is 10.1. The van der Waals surface area contributed by atoms with E-state index in [9.17, 15) is 9.59 Å². The number of hydrogen-bond acceptors (Lipinski definition) is 5. The number of hydroxylamine groups is 2. The summed E-state index contributed by atoms with van der Waals surface area (Å²) in [5, 5.41) is 10.5. The molecule has 162 valence electrons. The molecule has 1 aliphatic heterocycles. The molecular weight excluding hydrogens is 426 g/mol. The topological polar surface area (TPSA) is 76.1 Å². The van der Waals surface area contributed by atoms with Gasteiger partial charge in [-0.1, -0.05) is 54.6 Å². The summed E-state index contributed by atoms with van der Waals surface area (Å²) in [7, 11) is 0. The van der Waals surface area contributed by atoms with Crippen LogP contribution >= 0.6 is 11.8 Å². The largest absolute Gasteiger partial charge is 0.493 e. The molecule has 0 radical (unpaired) electrons. The van der Waals surface area contributed by atoms with Crippen molar-refractivity contribution in [2.75, 3.05) is 6.61 Å². The number of carbonyl (C=O) groups is 2.